The highest BCUT2D eigenvalue weighted by molar-refractivity contribution is 5.54. The molecule has 5 nitrogen and oxygen atoms in total. The maximum Gasteiger partial charge on any atom is 0.205 e. The van der Waals surface area contributed by atoms with Crippen LogP contribution < -0.4 is 0 Å². The molecule has 5 aromatic rings. The molecule has 0 amide bonds. The summed E-state index contributed by atoms with van der Waals surface area (Å²) in [6, 6.07) is 34.7. The number of nitrogens with zero attached hydrogens (tertiary/aromatic N) is 5. The number of pyridine rings is 1. The number of tetrazole rings is 1. The summed E-state index contributed by atoms with van der Waals surface area (Å²) < 4.78 is 0. The highest BCUT2D eigenvalue weighted by Gasteiger charge is 2.41. The van der Waals surface area contributed by atoms with Crippen LogP contribution in [0, 0.1) is 0 Å². The van der Waals surface area contributed by atoms with E-state index in [2.05, 4.69) is 51.7 Å². The first-order valence-corrected chi connectivity index (χ1v) is 9.76. The molecule has 0 aliphatic heterocycles. The standard InChI is InChI=1S/C25H19N5/c1-4-10-21(11-5-1)25(22-12-6-2-7-13-22,23-14-8-3-9-15-23)30-28-24(27-29-30)20-16-18-26-19-17-20/h1-19H. The Balaban J connectivity index is 1.82. The Bertz CT molecular complexity index is 1120. The van der Waals surface area contributed by atoms with Crippen molar-refractivity contribution >= 4 is 0 Å². The summed E-state index contributed by atoms with van der Waals surface area (Å²) in [4.78, 5) is 5.81. The maximum atomic E-state index is 4.85. The fraction of sp³-hybridized carbons (Fsp3) is 0.0400. The van der Waals surface area contributed by atoms with Gasteiger partial charge >= 0.3 is 0 Å². The summed E-state index contributed by atoms with van der Waals surface area (Å²) in [6.45, 7) is 0. The molecular weight excluding hydrogens is 370 g/mol. The van der Waals surface area contributed by atoms with Crippen molar-refractivity contribution in [1.82, 2.24) is 25.2 Å². The molecule has 0 N–H and O–H groups in total. The van der Waals surface area contributed by atoms with Gasteiger partial charge in [0.1, 0.15) is 0 Å². The molecule has 5 heteroatoms. The van der Waals surface area contributed by atoms with Crippen LogP contribution in [0.25, 0.3) is 11.4 Å². The van der Waals surface area contributed by atoms with Crippen molar-refractivity contribution in [1.29, 1.82) is 0 Å². The van der Waals surface area contributed by atoms with Crippen LogP contribution in [0.4, 0.5) is 0 Å². The second-order valence-electron chi connectivity index (χ2n) is 6.95. The second-order valence-corrected chi connectivity index (χ2v) is 6.95. The van der Waals surface area contributed by atoms with Crippen molar-refractivity contribution in [3.63, 3.8) is 0 Å². The minimum atomic E-state index is -0.762. The van der Waals surface area contributed by atoms with Crippen LogP contribution in [0.15, 0.2) is 116 Å². The summed E-state index contributed by atoms with van der Waals surface area (Å²) in [6.07, 6.45) is 3.46. The maximum absolute atomic E-state index is 4.85. The highest BCUT2D eigenvalue weighted by atomic mass is 15.6. The summed E-state index contributed by atoms with van der Waals surface area (Å²) in [5.74, 6) is 0.560. The first-order valence-electron chi connectivity index (χ1n) is 9.76. The zero-order chi connectivity index (χ0) is 20.2. The van der Waals surface area contributed by atoms with E-state index in [0.717, 1.165) is 22.3 Å². The lowest BCUT2D eigenvalue weighted by Crippen LogP contribution is -2.39. The van der Waals surface area contributed by atoms with Gasteiger partial charge in [0.25, 0.3) is 0 Å². The summed E-state index contributed by atoms with van der Waals surface area (Å²) in [7, 11) is 0. The molecule has 0 fully saturated rings. The van der Waals surface area contributed by atoms with Gasteiger partial charge in [-0.25, -0.2) is 0 Å². The number of aromatic nitrogens is 5. The van der Waals surface area contributed by atoms with Gasteiger partial charge in [0, 0.05) is 18.0 Å². The van der Waals surface area contributed by atoms with Gasteiger partial charge in [-0.3, -0.25) is 4.98 Å². The van der Waals surface area contributed by atoms with Crippen molar-refractivity contribution in [3.8, 4) is 11.4 Å². The Morgan fingerprint density at radius 3 is 1.50 bits per heavy atom. The van der Waals surface area contributed by atoms with Crippen molar-refractivity contribution in [3.05, 3.63) is 132 Å². The molecular formula is C25H19N5. The van der Waals surface area contributed by atoms with Crippen LogP contribution in [-0.4, -0.2) is 25.2 Å². The molecule has 0 unspecified atom stereocenters. The van der Waals surface area contributed by atoms with Gasteiger partial charge in [-0.1, -0.05) is 91.0 Å². The Morgan fingerprint density at radius 2 is 1.03 bits per heavy atom. The van der Waals surface area contributed by atoms with Gasteiger partial charge in [-0.05, 0) is 34.0 Å². The van der Waals surface area contributed by atoms with E-state index in [1.54, 1.807) is 17.2 Å². The van der Waals surface area contributed by atoms with Gasteiger partial charge < -0.3 is 0 Å². The topological polar surface area (TPSA) is 56.5 Å². The molecule has 0 spiro atoms. The Labute approximate surface area is 174 Å². The first kappa shape index (κ1) is 17.9. The van der Waals surface area contributed by atoms with E-state index in [9.17, 15) is 0 Å². The SMILES string of the molecule is c1ccc(C(c2ccccc2)(c2ccccc2)n2nnc(-c3ccncc3)n2)cc1. The third-order valence-electron chi connectivity index (χ3n) is 5.23. The predicted octanol–water partition coefficient (Wildman–Crippen LogP) is 4.58. The van der Waals surface area contributed by atoms with Crippen molar-refractivity contribution < 1.29 is 0 Å². The van der Waals surface area contributed by atoms with Gasteiger partial charge in [-0.15, -0.1) is 15.0 Å². The third-order valence-corrected chi connectivity index (χ3v) is 5.23. The van der Waals surface area contributed by atoms with Gasteiger partial charge in [0.15, 0.2) is 5.54 Å². The molecule has 0 radical (unpaired) electrons. The van der Waals surface area contributed by atoms with Gasteiger partial charge in [0.2, 0.25) is 5.82 Å². The molecule has 2 heterocycles. The molecule has 0 aliphatic carbocycles. The zero-order valence-corrected chi connectivity index (χ0v) is 16.2. The van der Waals surface area contributed by atoms with Crippen LogP contribution >= 0.6 is 0 Å². The number of hydrogen-bond donors (Lipinski definition) is 0. The van der Waals surface area contributed by atoms with E-state index in [4.69, 9.17) is 5.10 Å². The van der Waals surface area contributed by atoms with Crippen LogP contribution in [-0.2, 0) is 5.54 Å². The largest absolute Gasteiger partial charge is 0.265 e. The average Bonchev–Trinajstić information content (AvgIpc) is 3.33. The van der Waals surface area contributed by atoms with E-state index in [1.165, 1.54) is 0 Å². The quantitative estimate of drug-likeness (QED) is 0.413. The summed E-state index contributed by atoms with van der Waals surface area (Å²) in [5.41, 5.74) is 3.28. The molecule has 2 aromatic heterocycles. The predicted molar refractivity (Wildman–Crippen MR) is 116 cm³/mol. The van der Waals surface area contributed by atoms with E-state index in [0.29, 0.717) is 5.82 Å². The third kappa shape index (κ3) is 2.97. The van der Waals surface area contributed by atoms with E-state index in [1.807, 2.05) is 66.7 Å². The Morgan fingerprint density at radius 1 is 0.567 bits per heavy atom. The molecule has 144 valence electrons. The Kier molecular flexibility index (Phi) is 4.62. The number of hydrogen-bond acceptors (Lipinski definition) is 4. The second kappa shape index (κ2) is 7.72. The molecule has 30 heavy (non-hydrogen) atoms. The van der Waals surface area contributed by atoms with Gasteiger partial charge in [0.05, 0.1) is 0 Å². The monoisotopic (exact) mass is 389 g/mol. The van der Waals surface area contributed by atoms with Crippen LogP contribution in [0.5, 0.6) is 0 Å². The van der Waals surface area contributed by atoms with Crippen molar-refractivity contribution in [2.24, 2.45) is 0 Å². The summed E-state index contributed by atoms with van der Waals surface area (Å²) in [5, 5.41) is 13.8. The molecule has 0 aliphatic rings. The minimum absolute atomic E-state index is 0.560. The van der Waals surface area contributed by atoms with Crippen LogP contribution in [0.3, 0.4) is 0 Å². The van der Waals surface area contributed by atoms with E-state index in [-0.39, 0.29) is 0 Å². The normalized spacial score (nSPS) is 11.3. The Hall–Kier alpha value is -4.12. The molecule has 0 bridgehead atoms. The van der Waals surface area contributed by atoms with E-state index < -0.39 is 5.54 Å². The lowest BCUT2D eigenvalue weighted by atomic mass is 9.77. The number of rotatable bonds is 5. The van der Waals surface area contributed by atoms with Crippen molar-refractivity contribution in [2.45, 2.75) is 5.54 Å². The van der Waals surface area contributed by atoms with E-state index >= 15 is 0 Å². The first-order chi connectivity index (χ1) is 14.9. The zero-order valence-electron chi connectivity index (χ0n) is 16.2. The highest BCUT2D eigenvalue weighted by Crippen LogP contribution is 2.39. The van der Waals surface area contributed by atoms with Crippen molar-refractivity contribution in [2.75, 3.05) is 0 Å². The lowest BCUT2D eigenvalue weighted by molar-refractivity contribution is 0.396. The van der Waals surface area contributed by atoms with Crippen LogP contribution in [0.2, 0.25) is 0 Å². The smallest absolute Gasteiger partial charge is 0.205 e. The molecule has 0 saturated heterocycles. The molecule has 5 rings (SSSR count). The average molecular weight is 389 g/mol. The van der Waals surface area contributed by atoms with Crippen LogP contribution in [0.1, 0.15) is 16.7 Å². The molecule has 0 atom stereocenters. The number of benzene rings is 3. The van der Waals surface area contributed by atoms with Gasteiger partial charge in [-0.2, -0.15) is 0 Å². The molecule has 0 saturated carbocycles. The fourth-order valence-corrected chi connectivity index (χ4v) is 3.86. The fourth-order valence-electron chi connectivity index (χ4n) is 3.86. The summed E-state index contributed by atoms with van der Waals surface area (Å²) >= 11 is 0. The minimum Gasteiger partial charge on any atom is -0.265 e. The molecule has 3 aromatic carbocycles. The lowest BCUT2D eigenvalue weighted by Gasteiger charge is -2.34.